The summed E-state index contributed by atoms with van der Waals surface area (Å²) in [4.78, 5) is 21.8. The summed E-state index contributed by atoms with van der Waals surface area (Å²) in [6, 6.07) is 0. The largest absolute Gasteiger partial charge is 0.430 e. The number of carbonyl (C=O) groups is 2. The van der Waals surface area contributed by atoms with Crippen LogP contribution < -0.4 is 0 Å². The van der Waals surface area contributed by atoms with Crippen LogP contribution in [0.5, 0.6) is 0 Å². The molecule has 3 atom stereocenters. The van der Waals surface area contributed by atoms with Crippen LogP contribution in [0.4, 0.5) is 0 Å². The van der Waals surface area contributed by atoms with Gasteiger partial charge in [0, 0.05) is 5.57 Å². The van der Waals surface area contributed by atoms with Crippen LogP contribution in [0.15, 0.2) is 24.8 Å². The molecular weight excluding hydrogens is 216 g/mol. The van der Waals surface area contributed by atoms with Gasteiger partial charge in [-0.1, -0.05) is 13.2 Å². The van der Waals surface area contributed by atoms with Crippen molar-refractivity contribution in [1.82, 2.24) is 0 Å². The summed E-state index contributed by atoms with van der Waals surface area (Å²) in [6.45, 7) is 7.68. The average molecular weight is 230 g/mol. The van der Waals surface area contributed by atoms with Gasteiger partial charge in [0.2, 0.25) is 6.29 Å². The maximum Gasteiger partial charge on any atom is 0.335 e. The van der Waals surface area contributed by atoms with Crippen molar-refractivity contribution in [2.75, 3.05) is 0 Å². The molecule has 0 saturated carbocycles. The van der Waals surface area contributed by atoms with E-state index >= 15 is 0 Å². The first kappa shape index (κ1) is 14.5. The zero-order valence-corrected chi connectivity index (χ0v) is 8.79. The van der Waals surface area contributed by atoms with Gasteiger partial charge in [-0.25, -0.2) is 4.79 Å². The molecule has 0 amide bonds. The molecule has 6 nitrogen and oxygen atoms in total. The molecule has 0 spiro atoms. The quantitative estimate of drug-likeness (QED) is 0.304. The zero-order chi connectivity index (χ0) is 12.9. The smallest absolute Gasteiger partial charge is 0.335 e. The highest BCUT2D eigenvalue weighted by atomic mass is 16.6. The first-order valence-corrected chi connectivity index (χ1v) is 4.38. The molecule has 0 aromatic rings. The van der Waals surface area contributed by atoms with Gasteiger partial charge in [0.05, 0.1) is 0 Å². The summed E-state index contributed by atoms with van der Waals surface area (Å²) in [5, 5.41) is 27.6. The fourth-order valence-electron chi connectivity index (χ4n) is 0.725. The molecule has 3 unspecified atom stereocenters. The molecular formula is C10H14O6. The number of aliphatic hydroxyl groups is 3. The predicted octanol–water partition coefficient (Wildman–Crippen LogP) is -1.10. The Morgan fingerprint density at radius 2 is 1.81 bits per heavy atom. The average Bonchev–Trinajstić information content (AvgIpc) is 2.25. The first-order valence-electron chi connectivity index (χ1n) is 4.38. The topological polar surface area (TPSA) is 104 Å². The van der Waals surface area contributed by atoms with E-state index in [0.717, 1.165) is 6.08 Å². The number of carbonyl (C=O) groups excluding carboxylic acids is 2. The van der Waals surface area contributed by atoms with Crippen LogP contribution in [0.25, 0.3) is 0 Å². The molecule has 0 radical (unpaired) electrons. The van der Waals surface area contributed by atoms with Gasteiger partial charge in [0.15, 0.2) is 5.78 Å². The number of ketones is 1. The van der Waals surface area contributed by atoms with Crippen LogP contribution in [0.2, 0.25) is 0 Å². The number of ether oxygens (including phenoxy) is 1. The molecule has 0 aromatic carbocycles. The molecule has 6 heteroatoms. The molecule has 0 saturated heterocycles. The standard InChI is InChI=1S/C10H14O6/c1-4-6(11)7(12)8(13)10(15)16-9(14)5(2)3/h4,7-8,10,12-13,15H,1-2H2,3H3. The molecule has 16 heavy (non-hydrogen) atoms. The van der Waals surface area contributed by atoms with Crippen molar-refractivity contribution in [3.63, 3.8) is 0 Å². The van der Waals surface area contributed by atoms with Crippen LogP contribution in [0, 0.1) is 0 Å². The van der Waals surface area contributed by atoms with Crippen molar-refractivity contribution in [3.8, 4) is 0 Å². The molecule has 0 aliphatic heterocycles. The van der Waals surface area contributed by atoms with Gasteiger partial charge in [-0.15, -0.1) is 0 Å². The first-order chi connectivity index (χ1) is 7.31. The van der Waals surface area contributed by atoms with Gasteiger partial charge in [0.1, 0.15) is 12.2 Å². The highest BCUT2D eigenvalue weighted by molar-refractivity contribution is 5.93. The predicted molar refractivity (Wildman–Crippen MR) is 54.1 cm³/mol. The third-order valence-electron chi connectivity index (χ3n) is 1.68. The van der Waals surface area contributed by atoms with Crippen LogP contribution >= 0.6 is 0 Å². The van der Waals surface area contributed by atoms with E-state index in [1.807, 2.05) is 0 Å². The zero-order valence-electron chi connectivity index (χ0n) is 8.79. The maximum absolute atomic E-state index is 10.9. The molecule has 3 N–H and O–H groups in total. The number of rotatable bonds is 6. The summed E-state index contributed by atoms with van der Waals surface area (Å²) in [5.74, 6) is -1.83. The van der Waals surface area contributed by atoms with E-state index in [1.54, 1.807) is 0 Å². The Morgan fingerprint density at radius 1 is 1.31 bits per heavy atom. The van der Waals surface area contributed by atoms with E-state index in [-0.39, 0.29) is 5.57 Å². The SMILES string of the molecule is C=CC(=O)C(O)C(O)C(O)OC(=O)C(=C)C. The third kappa shape index (κ3) is 3.93. The second-order valence-corrected chi connectivity index (χ2v) is 3.12. The minimum Gasteiger partial charge on any atom is -0.430 e. The molecule has 0 heterocycles. The molecule has 0 aliphatic carbocycles. The summed E-state index contributed by atoms with van der Waals surface area (Å²) in [6.07, 6.45) is -5.07. The Kier molecular flexibility index (Phi) is 5.59. The molecule has 0 fully saturated rings. The van der Waals surface area contributed by atoms with Crippen molar-refractivity contribution < 1.29 is 29.6 Å². The lowest BCUT2D eigenvalue weighted by molar-refractivity contribution is -0.195. The van der Waals surface area contributed by atoms with Gasteiger partial charge in [0.25, 0.3) is 0 Å². The van der Waals surface area contributed by atoms with E-state index in [0.29, 0.717) is 0 Å². The van der Waals surface area contributed by atoms with E-state index in [1.165, 1.54) is 6.92 Å². The fraction of sp³-hybridized carbons (Fsp3) is 0.400. The lowest BCUT2D eigenvalue weighted by Gasteiger charge is -2.20. The van der Waals surface area contributed by atoms with Gasteiger partial charge in [-0.3, -0.25) is 4.79 Å². The fourth-order valence-corrected chi connectivity index (χ4v) is 0.725. The Labute approximate surface area is 92.5 Å². The Balaban J connectivity index is 4.44. The minimum absolute atomic E-state index is 0.00999. The van der Waals surface area contributed by atoms with Crippen LogP contribution in [0.1, 0.15) is 6.92 Å². The second-order valence-electron chi connectivity index (χ2n) is 3.12. The van der Waals surface area contributed by atoms with Crippen molar-refractivity contribution in [1.29, 1.82) is 0 Å². The Bertz CT molecular complexity index is 308. The highest BCUT2D eigenvalue weighted by Gasteiger charge is 2.31. The summed E-state index contributed by atoms with van der Waals surface area (Å²) < 4.78 is 4.31. The monoisotopic (exact) mass is 230 g/mol. The molecule has 0 bridgehead atoms. The third-order valence-corrected chi connectivity index (χ3v) is 1.68. The lowest BCUT2D eigenvalue weighted by Crippen LogP contribution is -2.43. The van der Waals surface area contributed by atoms with Gasteiger partial charge in [-0.2, -0.15) is 0 Å². The Morgan fingerprint density at radius 3 is 2.19 bits per heavy atom. The number of esters is 1. The van der Waals surface area contributed by atoms with E-state index in [4.69, 9.17) is 5.11 Å². The van der Waals surface area contributed by atoms with Gasteiger partial charge >= 0.3 is 5.97 Å². The number of hydrogen-bond acceptors (Lipinski definition) is 6. The maximum atomic E-state index is 10.9. The lowest BCUT2D eigenvalue weighted by atomic mass is 10.1. The summed E-state index contributed by atoms with van der Waals surface area (Å²) in [5.41, 5.74) is 0.00999. The van der Waals surface area contributed by atoms with Crippen LogP contribution in [-0.2, 0) is 14.3 Å². The van der Waals surface area contributed by atoms with E-state index in [2.05, 4.69) is 17.9 Å². The normalized spacial score (nSPS) is 15.8. The van der Waals surface area contributed by atoms with Crippen LogP contribution in [-0.4, -0.2) is 45.6 Å². The molecule has 90 valence electrons. The van der Waals surface area contributed by atoms with E-state index < -0.39 is 30.3 Å². The molecule has 0 rings (SSSR count). The molecule has 0 aromatic heterocycles. The van der Waals surface area contributed by atoms with Crippen molar-refractivity contribution in [2.45, 2.75) is 25.4 Å². The van der Waals surface area contributed by atoms with Gasteiger partial charge in [-0.05, 0) is 13.0 Å². The number of aliphatic hydroxyl groups excluding tert-OH is 3. The molecule has 0 aliphatic rings. The highest BCUT2D eigenvalue weighted by Crippen LogP contribution is 2.06. The summed E-state index contributed by atoms with van der Waals surface area (Å²) >= 11 is 0. The van der Waals surface area contributed by atoms with Crippen molar-refractivity contribution in [2.24, 2.45) is 0 Å². The summed E-state index contributed by atoms with van der Waals surface area (Å²) in [7, 11) is 0. The second kappa shape index (κ2) is 6.16. The van der Waals surface area contributed by atoms with Crippen molar-refractivity contribution in [3.05, 3.63) is 24.8 Å². The van der Waals surface area contributed by atoms with E-state index in [9.17, 15) is 19.8 Å². The minimum atomic E-state index is -2.01. The number of hydrogen-bond donors (Lipinski definition) is 3. The van der Waals surface area contributed by atoms with Gasteiger partial charge < -0.3 is 20.1 Å². The van der Waals surface area contributed by atoms with Crippen LogP contribution in [0.3, 0.4) is 0 Å². The Hall–Kier alpha value is -1.50. The van der Waals surface area contributed by atoms with Crippen molar-refractivity contribution >= 4 is 11.8 Å².